The van der Waals surface area contributed by atoms with Crippen LogP contribution in [0, 0.1) is 12.3 Å². The van der Waals surface area contributed by atoms with Crippen molar-refractivity contribution in [2.45, 2.75) is 19.8 Å². The second kappa shape index (κ2) is 4.65. The fourth-order valence-corrected chi connectivity index (χ4v) is 1.44. The van der Waals surface area contributed by atoms with Gasteiger partial charge in [-0.3, -0.25) is 0 Å². The largest absolute Gasteiger partial charge is 0.465 e. The van der Waals surface area contributed by atoms with Crippen molar-refractivity contribution in [1.29, 1.82) is 0 Å². The van der Waals surface area contributed by atoms with E-state index in [0.717, 1.165) is 5.56 Å². The summed E-state index contributed by atoms with van der Waals surface area (Å²) in [7, 11) is 1.37. The SMILES string of the molecule is C#Cc1ccc(C(C)C)c(C(=O)OC)c1. The van der Waals surface area contributed by atoms with Crippen LogP contribution in [-0.2, 0) is 4.74 Å². The molecule has 1 aromatic rings. The molecule has 0 heterocycles. The highest BCUT2D eigenvalue weighted by molar-refractivity contribution is 5.91. The summed E-state index contributed by atoms with van der Waals surface area (Å²) in [4.78, 5) is 11.5. The van der Waals surface area contributed by atoms with Crippen molar-refractivity contribution >= 4 is 5.97 Å². The number of hydrogen-bond donors (Lipinski definition) is 0. The first-order valence-corrected chi connectivity index (χ1v) is 4.79. The van der Waals surface area contributed by atoms with Gasteiger partial charge in [-0.2, -0.15) is 0 Å². The van der Waals surface area contributed by atoms with E-state index in [1.54, 1.807) is 6.07 Å². The van der Waals surface area contributed by atoms with Crippen molar-refractivity contribution in [3.05, 3.63) is 34.9 Å². The van der Waals surface area contributed by atoms with Crippen molar-refractivity contribution in [3.63, 3.8) is 0 Å². The summed E-state index contributed by atoms with van der Waals surface area (Å²) in [5, 5.41) is 0. The Morgan fingerprint density at radius 3 is 2.60 bits per heavy atom. The third-order valence-corrected chi connectivity index (χ3v) is 2.25. The van der Waals surface area contributed by atoms with Crippen LogP contribution in [0.2, 0.25) is 0 Å². The number of esters is 1. The van der Waals surface area contributed by atoms with Gasteiger partial charge in [-0.1, -0.05) is 25.8 Å². The summed E-state index contributed by atoms with van der Waals surface area (Å²) in [6, 6.07) is 5.41. The number of terminal acetylenes is 1. The average molecular weight is 202 g/mol. The molecule has 0 aromatic heterocycles. The normalized spacial score (nSPS) is 9.80. The van der Waals surface area contributed by atoms with Gasteiger partial charge in [0.05, 0.1) is 12.7 Å². The first kappa shape index (κ1) is 11.3. The maximum absolute atomic E-state index is 11.5. The Morgan fingerprint density at radius 2 is 2.13 bits per heavy atom. The van der Waals surface area contributed by atoms with E-state index in [1.165, 1.54) is 7.11 Å². The van der Waals surface area contributed by atoms with Crippen LogP contribution in [0.4, 0.5) is 0 Å². The van der Waals surface area contributed by atoms with Crippen molar-refractivity contribution in [3.8, 4) is 12.3 Å². The lowest BCUT2D eigenvalue weighted by Crippen LogP contribution is -2.07. The Hall–Kier alpha value is -1.75. The minimum absolute atomic E-state index is 0.269. The zero-order chi connectivity index (χ0) is 11.4. The van der Waals surface area contributed by atoms with Crippen LogP contribution in [0.1, 0.15) is 41.3 Å². The van der Waals surface area contributed by atoms with Crippen molar-refractivity contribution in [1.82, 2.24) is 0 Å². The molecule has 0 saturated carbocycles. The van der Waals surface area contributed by atoms with Crippen LogP contribution >= 0.6 is 0 Å². The van der Waals surface area contributed by atoms with Gasteiger partial charge in [-0.25, -0.2) is 4.79 Å². The second-order valence-corrected chi connectivity index (χ2v) is 3.59. The highest BCUT2D eigenvalue weighted by atomic mass is 16.5. The standard InChI is InChI=1S/C13H14O2/c1-5-10-6-7-11(9(2)3)12(8-10)13(14)15-4/h1,6-9H,2-4H3. The molecular formula is C13H14O2. The molecule has 0 fully saturated rings. The van der Waals surface area contributed by atoms with E-state index in [1.807, 2.05) is 26.0 Å². The molecule has 0 saturated heterocycles. The molecule has 15 heavy (non-hydrogen) atoms. The lowest BCUT2D eigenvalue weighted by atomic mass is 9.95. The molecule has 0 bridgehead atoms. The van der Waals surface area contributed by atoms with Crippen molar-refractivity contribution in [2.75, 3.05) is 7.11 Å². The van der Waals surface area contributed by atoms with Crippen molar-refractivity contribution < 1.29 is 9.53 Å². The summed E-state index contributed by atoms with van der Waals surface area (Å²) >= 11 is 0. The minimum Gasteiger partial charge on any atom is -0.465 e. The molecule has 0 amide bonds. The van der Waals surface area contributed by atoms with E-state index in [2.05, 4.69) is 5.92 Å². The smallest absolute Gasteiger partial charge is 0.338 e. The number of carbonyl (C=O) groups excluding carboxylic acids is 1. The highest BCUT2D eigenvalue weighted by Crippen LogP contribution is 2.21. The fourth-order valence-electron chi connectivity index (χ4n) is 1.44. The molecule has 0 atom stereocenters. The van der Waals surface area contributed by atoms with E-state index in [9.17, 15) is 4.79 Å². The van der Waals surface area contributed by atoms with E-state index < -0.39 is 0 Å². The zero-order valence-electron chi connectivity index (χ0n) is 9.20. The van der Waals surface area contributed by atoms with E-state index >= 15 is 0 Å². The lowest BCUT2D eigenvalue weighted by Gasteiger charge is -2.11. The van der Waals surface area contributed by atoms with E-state index in [-0.39, 0.29) is 11.9 Å². The Morgan fingerprint density at radius 1 is 1.47 bits per heavy atom. The number of rotatable bonds is 2. The number of hydrogen-bond acceptors (Lipinski definition) is 2. The van der Waals surface area contributed by atoms with Crippen molar-refractivity contribution in [2.24, 2.45) is 0 Å². The lowest BCUT2D eigenvalue weighted by molar-refractivity contribution is 0.0599. The van der Waals surface area contributed by atoms with Gasteiger partial charge in [-0.05, 0) is 23.6 Å². The average Bonchev–Trinajstić information content (AvgIpc) is 2.26. The van der Waals surface area contributed by atoms with Crippen LogP contribution in [0.25, 0.3) is 0 Å². The monoisotopic (exact) mass is 202 g/mol. The molecule has 0 spiro atoms. The molecule has 1 rings (SSSR count). The Balaban J connectivity index is 3.30. The third kappa shape index (κ3) is 2.38. The van der Waals surface area contributed by atoms with Gasteiger partial charge in [0.1, 0.15) is 0 Å². The molecule has 0 aliphatic heterocycles. The molecule has 0 radical (unpaired) electrons. The third-order valence-electron chi connectivity index (χ3n) is 2.25. The first-order chi connectivity index (χ1) is 7.10. The summed E-state index contributed by atoms with van der Waals surface area (Å²) < 4.78 is 4.72. The molecule has 0 unspecified atom stereocenters. The van der Waals surface area contributed by atoms with Gasteiger partial charge in [0.2, 0.25) is 0 Å². The molecule has 0 aliphatic carbocycles. The number of carbonyl (C=O) groups is 1. The molecule has 0 N–H and O–H groups in total. The predicted octanol–water partition coefficient (Wildman–Crippen LogP) is 2.58. The molecule has 2 nitrogen and oxygen atoms in total. The Bertz CT molecular complexity index is 411. The predicted molar refractivity (Wildman–Crippen MR) is 59.8 cm³/mol. The van der Waals surface area contributed by atoms with Crippen LogP contribution in [0.5, 0.6) is 0 Å². The van der Waals surface area contributed by atoms with Crippen LogP contribution in [0.3, 0.4) is 0 Å². The van der Waals surface area contributed by atoms with Crippen LogP contribution in [-0.4, -0.2) is 13.1 Å². The van der Waals surface area contributed by atoms with Gasteiger partial charge in [0.15, 0.2) is 0 Å². The summed E-state index contributed by atoms with van der Waals surface area (Å²) in [5.41, 5.74) is 2.21. The Labute approximate surface area is 90.3 Å². The molecule has 1 aromatic carbocycles. The van der Waals surface area contributed by atoms with Gasteiger partial charge in [0.25, 0.3) is 0 Å². The summed E-state index contributed by atoms with van der Waals surface area (Å²) in [6.07, 6.45) is 5.28. The summed E-state index contributed by atoms with van der Waals surface area (Å²) in [5.74, 6) is 2.44. The molecule has 0 aliphatic rings. The maximum Gasteiger partial charge on any atom is 0.338 e. The second-order valence-electron chi connectivity index (χ2n) is 3.59. The van der Waals surface area contributed by atoms with Gasteiger partial charge >= 0.3 is 5.97 Å². The fraction of sp³-hybridized carbons (Fsp3) is 0.308. The Kier molecular flexibility index (Phi) is 3.51. The first-order valence-electron chi connectivity index (χ1n) is 4.79. The van der Waals surface area contributed by atoms with E-state index in [4.69, 9.17) is 11.2 Å². The van der Waals surface area contributed by atoms with Gasteiger partial charge in [-0.15, -0.1) is 6.42 Å². The molecule has 78 valence electrons. The summed E-state index contributed by atoms with van der Waals surface area (Å²) in [6.45, 7) is 4.05. The minimum atomic E-state index is -0.337. The number of benzene rings is 1. The quantitative estimate of drug-likeness (QED) is 0.544. The van der Waals surface area contributed by atoms with Crippen LogP contribution in [0.15, 0.2) is 18.2 Å². The topological polar surface area (TPSA) is 26.3 Å². The van der Waals surface area contributed by atoms with Gasteiger partial charge < -0.3 is 4.74 Å². The van der Waals surface area contributed by atoms with Gasteiger partial charge in [0, 0.05) is 5.56 Å². The van der Waals surface area contributed by atoms with Crippen LogP contribution < -0.4 is 0 Å². The van der Waals surface area contributed by atoms with E-state index in [0.29, 0.717) is 11.1 Å². The number of methoxy groups -OCH3 is 1. The number of ether oxygens (including phenoxy) is 1. The highest BCUT2D eigenvalue weighted by Gasteiger charge is 2.14. The molecular weight excluding hydrogens is 188 g/mol. The zero-order valence-corrected chi connectivity index (χ0v) is 9.20. The maximum atomic E-state index is 11.5. The molecule has 2 heteroatoms.